The van der Waals surface area contributed by atoms with Gasteiger partial charge >= 0.3 is 0 Å². The fourth-order valence-corrected chi connectivity index (χ4v) is 2.70. The average molecular weight is 252 g/mol. The van der Waals surface area contributed by atoms with Gasteiger partial charge in [-0.25, -0.2) is 0 Å². The number of rotatable bonds is 3. The van der Waals surface area contributed by atoms with Crippen molar-refractivity contribution in [2.75, 3.05) is 6.67 Å². The largest absolute Gasteiger partial charge is 0.323 e. The Morgan fingerprint density at radius 2 is 1.53 bits per heavy atom. The van der Waals surface area contributed by atoms with Crippen LogP contribution in [-0.4, -0.2) is 18.0 Å². The van der Waals surface area contributed by atoms with Crippen LogP contribution in [0.15, 0.2) is 60.7 Å². The highest BCUT2D eigenvalue weighted by atomic mass is 16.1. The summed E-state index contributed by atoms with van der Waals surface area (Å²) >= 11 is 0. The van der Waals surface area contributed by atoms with E-state index in [-0.39, 0.29) is 12.1 Å². The number of carbonyl (C=O) groups is 1. The van der Waals surface area contributed by atoms with Crippen LogP contribution in [0.1, 0.15) is 23.2 Å². The van der Waals surface area contributed by atoms with Crippen molar-refractivity contribution in [2.24, 2.45) is 0 Å². The second-order valence-electron chi connectivity index (χ2n) is 4.73. The summed E-state index contributed by atoms with van der Waals surface area (Å²) in [6, 6.07) is 20.6. The Labute approximate surface area is 112 Å². The summed E-state index contributed by atoms with van der Waals surface area (Å²) in [5, 5.41) is 3.42. The number of nitrogens with zero attached hydrogens (tertiary/aromatic N) is 1. The van der Waals surface area contributed by atoms with Crippen molar-refractivity contribution in [1.82, 2.24) is 10.2 Å². The van der Waals surface area contributed by atoms with Crippen LogP contribution in [0.4, 0.5) is 0 Å². The average Bonchev–Trinajstić information content (AvgIpc) is 2.93. The number of nitrogens with one attached hydrogen (secondary N) is 1. The van der Waals surface area contributed by atoms with Crippen LogP contribution in [0.25, 0.3) is 0 Å². The van der Waals surface area contributed by atoms with E-state index in [0.717, 1.165) is 12.0 Å². The minimum Gasteiger partial charge on any atom is -0.323 e. The summed E-state index contributed by atoms with van der Waals surface area (Å²) in [7, 11) is 0. The maximum atomic E-state index is 11.3. The molecule has 1 heterocycles. The molecule has 2 atom stereocenters. The molecule has 0 aliphatic carbocycles. The van der Waals surface area contributed by atoms with Crippen molar-refractivity contribution in [1.29, 1.82) is 0 Å². The Kier molecular flexibility index (Phi) is 3.29. The molecule has 0 aromatic heterocycles. The Morgan fingerprint density at radius 3 is 2.11 bits per heavy atom. The third-order valence-electron chi connectivity index (χ3n) is 3.60. The SMILES string of the molecule is O=CN1CNC(c2ccccc2)C1c1ccccc1. The van der Waals surface area contributed by atoms with E-state index in [1.165, 1.54) is 5.56 Å². The highest BCUT2D eigenvalue weighted by Gasteiger charge is 2.34. The van der Waals surface area contributed by atoms with Crippen molar-refractivity contribution < 1.29 is 4.79 Å². The molecule has 2 aromatic carbocycles. The van der Waals surface area contributed by atoms with E-state index in [4.69, 9.17) is 0 Å². The van der Waals surface area contributed by atoms with Crippen LogP contribution in [0.2, 0.25) is 0 Å². The molecule has 2 unspecified atom stereocenters. The van der Waals surface area contributed by atoms with Crippen LogP contribution in [0.5, 0.6) is 0 Å². The molecule has 0 saturated carbocycles. The summed E-state index contributed by atoms with van der Waals surface area (Å²) < 4.78 is 0. The number of amides is 1. The van der Waals surface area contributed by atoms with E-state index in [9.17, 15) is 4.79 Å². The van der Waals surface area contributed by atoms with Gasteiger partial charge < -0.3 is 4.90 Å². The minimum absolute atomic E-state index is 0.0566. The molecule has 3 rings (SSSR count). The maximum Gasteiger partial charge on any atom is 0.211 e. The van der Waals surface area contributed by atoms with Gasteiger partial charge in [0.2, 0.25) is 6.41 Å². The van der Waals surface area contributed by atoms with Crippen LogP contribution in [-0.2, 0) is 4.79 Å². The molecule has 1 amide bonds. The van der Waals surface area contributed by atoms with Crippen LogP contribution >= 0.6 is 0 Å². The molecule has 96 valence electrons. The molecule has 3 nitrogen and oxygen atoms in total. The van der Waals surface area contributed by atoms with Gasteiger partial charge in [0.1, 0.15) is 0 Å². The quantitative estimate of drug-likeness (QED) is 0.851. The van der Waals surface area contributed by atoms with E-state index >= 15 is 0 Å². The fourth-order valence-electron chi connectivity index (χ4n) is 2.70. The third-order valence-corrected chi connectivity index (χ3v) is 3.60. The van der Waals surface area contributed by atoms with Gasteiger partial charge in [-0.1, -0.05) is 60.7 Å². The molecule has 0 radical (unpaired) electrons. The summed E-state index contributed by atoms with van der Waals surface area (Å²) in [5.41, 5.74) is 2.37. The van der Waals surface area contributed by atoms with Gasteiger partial charge in [-0.05, 0) is 11.1 Å². The minimum atomic E-state index is 0.0566. The number of carbonyl (C=O) groups excluding carboxylic acids is 1. The number of benzene rings is 2. The lowest BCUT2D eigenvalue weighted by Gasteiger charge is -2.24. The second-order valence-corrected chi connectivity index (χ2v) is 4.73. The van der Waals surface area contributed by atoms with Gasteiger partial charge in [-0.3, -0.25) is 10.1 Å². The van der Waals surface area contributed by atoms with Crippen molar-refractivity contribution in [2.45, 2.75) is 12.1 Å². The molecule has 1 saturated heterocycles. The van der Waals surface area contributed by atoms with Crippen LogP contribution in [0.3, 0.4) is 0 Å². The van der Waals surface area contributed by atoms with Gasteiger partial charge in [-0.2, -0.15) is 0 Å². The van der Waals surface area contributed by atoms with E-state index < -0.39 is 0 Å². The first-order valence-corrected chi connectivity index (χ1v) is 6.44. The van der Waals surface area contributed by atoms with E-state index in [1.54, 1.807) is 0 Å². The van der Waals surface area contributed by atoms with Gasteiger partial charge in [0.15, 0.2) is 0 Å². The fraction of sp³-hybridized carbons (Fsp3) is 0.188. The molecular formula is C16H16N2O. The van der Waals surface area contributed by atoms with Gasteiger partial charge in [0, 0.05) is 0 Å². The predicted molar refractivity (Wildman–Crippen MR) is 74.3 cm³/mol. The molecule has 0 bridgehead atoms. The lowest BCUT2D eigenvalue weighted by Crippen LogP contribution is -2.23. The maximum absolute atomic E-state index is 11.3. The summed E-state index contributed by atoms with van der Waals surface area (Å²) in [4.78, 5) is 13.1. The zero-order valence-corrected chi connectivity index (χ0v) is 10.6. The highest BCUT2D eigenvalue weighted by molar-refractivity contribution is 5.50. The topological polar surface area (TPSA) is 32.3 Å². The Morgan fingerprint density at radius 1 is 0.947 bits per heavy atom. The standard InChI is InChI=1S/C16H16N2O/c19-12-18-11-17-15(13-7-3-1-4-8-13)16(18)14-9-5-2-6-10-14/h1-10,12,15-17H,11H2. The smallest absolute Gasteiger partial charge is 0.211 e. The Hall–Kier alpha value is -2.13. The molecule has 19 heavy (non-hydrogen) atoms. The summed E-state index contributed by atoms with van der Waals surface area (Å²) in [5.74, 6) is 0. The van der Waals surface area contributed by atoms with E-state index in [0.29, 0.717) is 6.67 Å². The molecule has 0 spiro atoms. The summed E-state index contributed by atoms with van der Waals surface area (Å²) in [6.45, 7) is 0.586. The first-order valence-electron chi connectivity index (χ1n) is 6.44. The molecule has 1 fully saturated rings. The lowest BCUT2D eigenvalue weighted by molar-refractivity contribution is -0.119. The summed E-state index contributed by atoms with van der Waals surface area (Å²) in [6.07, 6.45) is 0.924. The normalized spacial score (nSPS) is 22.4. The first kappa shape index (κ1) is 11.9. The molecule has 3 heteroatoms. The van der Waals surface area contributed by atoms with Crippen molar-refractivity contribution in [3.63, 3.8) is 0 Å². The Bertz CT molecular complexity index is 541. The van der Waals surface area contributed by atoms with Crippen LogP contribution in [0, 0.1) is 0 Å². The first-order chi connectivity index (χ1) is 9.40. The monoisotopic (exact) mass is 252 g/mol. The molecule has 2 aromatic rings. The lowest BCUT2D eigenvalue weighted by atomic mass is 9.94. The molecular weight excluding hydrogens is 236 g/mol. The molecule has 1 N–H and O–H groups in total. The zero-order valence-electron chi connectivity index (χ0n) is 10.6. The van der Waals surface area contributed by atoms with E-state index in [2.05, 4.69) is 29.6 Å². The highest BCUT2D eigenvalue weighted by Crippen LogP contribution is 2.36. The van der Waals surface area contributed by atoms with Crippen molar-refractivity contribution in [3.8, 4) is 0 Å². The van der Waals surface area contributed by atoms with E-state index in [1.807, 2.05) is 41.3 Å². The van der Waals surface area contributed by atoms with Gasteiger partial charge in [-0.15, -0.1) is 0 Å². The zero-order chi connectivity index (χ0) is 13.1. The van der Waals surface area contributed by atoms with Crippen molar-refractivity contribution in [3.05, 3.63) is 71.8 Å². The number of hydrogen-bond donors (Lipinski definition) is 1. The van der Waals surface area contributed by atoms with Gasteiger partial charge in [0.25, 0.3) is 0 Å². The number of hydrogen-bond acceptors (Lipinski definition) is 2. The Balaban J connectivity index is 1.98. The van der Waals surface area contributed by atoms with Gasteiger partial charge in [0.05, 0.1) is 18.8 Å². The molecule has 1 aliphatic rings. The second kappa shape index (κ2) is 5.24. The molecule has 1 aliphatic heterocycles. The van der Waals surface area contributed by atoms with Crippen LogP contribution < -0.4 is 5.32 Å². The van der Waals surface area contributed by atoms with Crippen molar-refractivity contribution >= 4 is 6.41 Å². The third kappa shape index (κ3) is 2.25. The predicted octanol–water partition coefficient (Wildman–Crippen LogP) is 2.49.